The zero-order valence-corrected chi connectivity index (χ0v) is 11.7. The fraction of sp³-hybridized carbons (Fsp3) is 0.385. The van der Waals surface area contributed by atoms with Crippen molar-refractivity contribution in [1.82, 2.24) is 15.1 Å². The second kappa shape index (κ2) is 6.21. The number of morpholine rings is 1. The molecule has 108 valence electrons. The molecule has 1 atom stereocenters. The summed E-state index contributed by atoms with van der Waals surface area (Å²) in [5, 5.41) is 7.86. The van der Waals surface area contributed by atoms with Gasteiger partial charge in [-0.2, -0.15) is 5.10 Å². The van der Waals surface area contributed by atoms with Gasteiger partial charge in [-0.25, -0.2) is 0 Å². The van der Waals surface area contributed by atoms with E-state index in [-0.39, 0.29) is 24.4 Å². The normalized spacial score (nSPS) is 18.9. The maximum Gasteiger partial charge on any atom is 0.275 e. The van der Waals surface area contributed by atoms with Crippen LogP contribution in [0.25, 0.3) is 10.9 Å². The zero-order valence-electron chi connectivity index (χ0n) is 10.9. The number of fused-ring (bicyclic) bond motifs is 1. The first-order valence-corrected chi connectivity index (χ1v) is 6.33. The third kappa shape index (κ3) is 2.63. The number of carbonyl (C=O) groups is 1. The third-order valence-corrected chi connectivity index (χ3v) is 3.36. The molecule has 1 aromatic carbocycles. The Balaban J connectivity index is 0.00000147. The van der Waals surface area contributed by atoms with Gasteiger partial charge in [-0.05, 0) is 6.07 Å². The van der Waals surface area contributed by atoms with Crippen molar-refractivity contribution >= 4 is 29.2 Å². The average molecular weight is 297 g/mol. The van der Waals surface area contributed by atoms with Gasteiger partial charge in [0.1, 0.15) is 0 Å². The summed E-state index contributed by atoms with van der Waals surface area (Å²) < 4.78 is 5.47. The quantitative estimate of drug-likeness (QED) is 0.858. The highest BCUT2D eigenvalue weighted by molar-refractivity contribution is 6.04. The molecule has 1 fully saturated rings. The summed E-state index contributed by atoms with van der Waals surface area (Å²) in [6.07, 6.45) is -0.0806. The van der Waals surface area contributed by atoms with E-state index in [4.69, 9.17) is 10.5 Å². The van der Waals surface area contributed by atoms with Crippen molar-refractivity contribution in [2.75, 3.05) is 26.2 Å². The maximum absolute atomic E-state index is 12.5. The molecule has 1 saturated heterocycles. The number of nitrogens with zero attached hydrogens (tertiary/aromatic N) is 2. The second-order valence-corrected chi connectivity index (χ2v) is 4.60. The van der Waals surface area contributed by atoms with E-state index in [0.29, 0.717) is 31.9 Å². The number of benzene rings is 1. The van der Waals surface area contributed by atoms with Gasteiger partial charge >= 0.3 is 0 Å². The molecular formula is C13H17ClN4O2. The Morgan fingerprint density at radius 3 is 3.10 bits per heavy atom. The summed E-state index contributed by atoms with van der Waals surface area (Å²) >= 11 is 0. The fourth-order valence-corrected chi connectivity index (χ4v) is 2.32. The number of ether oxygens (including phenoxy) is 1. The van der Waals surface area contributed by atoms with E-state index in [1.54, 1.807) is 4.90 Å². The lowest BCUT2D eigenvalue weighted by Crippen LogP contribution is -2.48. The van der Waals surface area contributed by atoms with E-state index >= 15 is 0 Å². The number of aromatic nitrogens is 2. The summed E-state index contributed by atoms with van der Waals surface area (Å²) in [4.78, 5) is 14.2. The molecular weight excluding hydrogens is 280 g/mol. The largest absolute Gasteiger partial charge is 0.373 e. The highest BCUT2D eigenvalue weighted by Crippen LogP contribution is 2.18. The van der Waals surface area contributed by atoms with Crippen LogP contribution in [-0.2, 0) is 4.74 Å². The van der Waals surface area contributed by atoms with Crippen molar-refractivity contribution in [1.29, 1.82) is 0 Å². The van der Waals surface area contributed by atoms with Crippen LogP contribution >= 0.6 is 12.4 Å². The predicted molar refractivity (Wildman–Crippen MR) is 78.0 cm³/mol. The van der Waals surface area contributed by atoms with Gasteiger partial charge in [0.25, 0.3) is 5.91 Å². The molecule has 1 unspecified atom stereocenters. The number of aromatic amines is 1. The molecule has 0 aliphatic carbocycles. The smallest absolute Gasteiger partial charge is 0.275 e. The van der Waals surface area contributed by atoms with Crippen molar-refractivity contribution in [3.8, 4) is 0 Å². The van der Waals surface area contributed by atoms with E-state index in [1.807, 2.05) is 24.3 Å². The van der Waals surface area contributed by atoms with E-state index < -0.39 is 0 Å². The number of H-pyrrole nitrogens is 1. The summed E-state index contributed by atoms with van der Waals surface area (Å²) in [6.45, 7) is 2.05. The van der Waals surface area contributed by atoms with Crippen molar-refractivity contribution < 1.29 is 9.53 Å². The van der Waals surface area contributed by atoms with E-state index in [1.165, 1.54) is 0 Å². The molecule has 1 aliphatic heterocycles. The first-order chi connectivity index (χ1) is 9.29. The molecule has 0 bridgehead atoms. The van der Waals surface area contributed by atoms with Crippen LogP contribution in [0.4, 0.5) is 0 Å². The summed E-state index contributed by atoms with van der Waals surface area (Å²) in [6, 6.07) is 7.61. The van der Waals surface area contributed by atoms with Crippen LogP contribution in [-0.4, -0.2) is 53.3 Å². The Hall–Kier alpha value is -1.63. The van der Waals surface area contributed by atoms with Gasteiger partial charge in [-0.15, -0.1) is 12.4 Å². The van der Waals surface area contributed by atoms with Crippen LogP contribution in [0.5, 0.6) is 0 Å². The summed E-state index contributed by atoms with van der Waals surface area (Å²) in [5.41, 5.74) is 6.93. The van der Waals surface area contributed by atoms with Gasteiger partial charge in [0.05, 0.1) is 18.2 Å². The van der Waals surface area contributed by atoms with Crippen LogP contribution in [0.15, 0.2) is 24.3 Å². The number of rotatable bonds is 2. The van der Waals surface area contributed by atoms with E-state index in [2.05, 4.69) is 10.2 Å². The molecule has 2 aromatic rings. The Labute approximate surface area is 122 Å². The lowest BCUT2D eigenvalue weighted by atomic mass is 10.2. The SMILES string of the molecule is Cl.NCC1CN(C(=O)c2n[nH]c3ccccc23)CCO1. The van der Waals surface area contributed by atoms with Crippen molar-refractivity contribution in [3.63, 3.8) is 0 Å². The molecule has 0 radical (unpaired) electrons. The first-order valence-electron chi connectivity index (χ1n) is 6.33. The number of carbonyl (C=O) groups excluding carboxylic acids is 1. The fourth-order valence-electron chi connectivity index (χ4n) is 2.32. The van der Waals surface area contributed by atoms with E-state index in [0.717, 1.165) is 10.9 Å². The van der Waals surface area contributed by atoms with Crippen LogP contribution < -0.4 is 5.73 Å². The zero-order chi connectivity index (χ0) is 13.2. The first kappa shape index (κ1) is 14.8. The van der Waals surface area contributed by atoms with Crippen molar-refractivity contribution in [2.45, 2.75) is 6.10 Å². The van der Waals surface area contributed by atoms with Gasteiger partial charge < -0.3 is 15.4 Å². The number of nitrogens with one attached hydrogen (secondary N) is 1. The molecule has 3 N–H and O–H groups in total. The molecule has 20 heavy (non-hydrogen) atoms. The van der Waals surface area contributed by atoms with Crippen molar-refractivity contribution in [3.05, 3.63) is 30.0 Å². The third-order valence-electron chi connectivity index (χ3n) is 3.36. The minimum Gasteiger partial charge on any atom is -0.373 e. The van der Waals surface area contributed by atoms with Crippen molar-refractivity contribution in [2.24, 2.45) is 5.73 Å². The second-order valence-electron chi connectivity index (χ2n) is 4.60. The number of hydrogen-bond acceptors (Lipinski definition) is 4. The lowest BCUT2D eigenvalue weighted by molar-refractivity contribution is -0.0168. The number of halogens is 1. The minimum absolute atomic E-state index is 0. The number of amides is 1. The number of hydrogen-bond donors (Lipinski definition) is 2. The van der Waals surface area contributed by atoms with E-state index in [9.17, 15) is 4.79 Å². The average Bonchev–Trinajstić information content (AvgIpc) is 2.90. The molecule has 3 rings (SSSR count). The molecule has 1 aliphatic rings. The number of nitrogens with two attached hydrogens (primary N) is 1. The van der Waals surface area contributed by atoms with Gasteiger partial charge in [-0.3, -0.25) is 9.89 Å². The summed E-state index contributed by atoms with van der Waals surface area (Å²) in [5.74, 6) is -0.0702. The molecule has 1 amide bonds. The lowest BCUT2D eigenvalue weighted by Gasteiger charge is -2.31. The van der Waals surface area contributed by atoms with Crippen LogP contribution in [0.3, 0.4) is 0 Å². The van der Waals surface area contributed by atoms with Gasteiger partial charge in [-0.1, -0.05) is 18.2 Å². The predicted octanol–water partition coefficient (Wildman–Crippen LogP) is 0.784. The van der Waals surface area contributed by atoms with Crippen LogP contribution in [0.2, 0.25) is 0 Å². The van der Waals surface area contributed by atoms with Crippen LogP contribution in [0, 0.1) is 0 Å². The Bertz CT molecular complexity index is 601. The molecule has 2 heterocycles. The summed E-state index contributed by atoms with van der Waals surface area (Å²) in [7, 11) is 0. The molecule has 1 aromatic heterocycles. The monoisotopic (exact) mass is 296 g/mol. The Morgan fingerprint density at radius 2 is 2.30 bits per heavy atom. The maximum atomic E-state index is 12.5. The topological polar surface area (TPSA) is 84.2 Å². The van der Waals surface area contributed by atoms with Gasteiger partial charge in [0.2, 0.25) is 0 Å². The molecule has 7 heteroatoms. The van der Waals surface area contributed by atoms with Gasteiger partial charge in [0, 0.05) is 25.0 Å². The minimum atomic E-state index is -0.0806. The molecule has 0 saturated carbocycles. The van der Waals surface area contributed by atoms with Crippen LogP contribution in [0.1, 0.15) is 10.5 Å². The highest BCUT2D eigenvalue weighted by Gasteiger charge is 2.26. The Morgan fingerprint density at radius 1 is 1.50 bits per heavy atom. The molecule has 6 nitrogen and oxygen atoms in total. The molecule has 0 spiro atoms. The number of para-hydroxylation sites is 1. The van der Waals surface area contributed by atoms with Gasteiger partial charge in [0.15, 0.2) is 5.69 Å². The highest BCUT2D eigenvalue weighted by atomic mass is 35.5. The Kier molecular flexibility index (Phi) is 4.59. The standard InChI is InChI=1S/C13H16N4O2.ClH/c14-7-9-8-17(5-6-19-9)13(18)12-10-3-1-2-4-11(10)15-16-12;/h1-4,9H,5-8,14H2,(H,15,16);1H.